The summed E-state index contributed by atoms with van der Waals surface area (Å²) in [7, 11) is 0. The van der Waals surface area contributed by atoms with Gasteiger partial charge in [-0.25, -0.2) is 0 Å². The third kappa shape index (κ3) is 9.70. The van der Waals surface area contributed by atoms with E-state index < -0.39 is 58.0 Å². The van der Waals surface area contributed by atoms with E-state index in [1.807, 2.05) is 70.2 Å². The Morgan fingerprint density at radius 2 is 1.57 bits per heavy atom. The minimum atomic E-state index is -4.78. The predicted octanol–water partition coefficient (Wildman–Crippen LogP) is 8.93. The van der Waals surface area contributed by atoms with Gasteiger partial charge in [0.05, 0.1) is 39.0 Å². The second-order valence-electron chi connectivity index (χ2n) is 20.4. The summed E-state index contributed by atoms with van der Waals surface area (Å²) < 4.78 is 53.3. The van der Waals surface area contributed by atoms with E-state index in [1.54, 1.807) is 46.6 Å². The lowest BCUT2D eigenvalue weighted by Crippen LogP contribution is -2.54. The summed E-state index contributed by atoms with van der Waals surface area (Å²) in [6.07, 6.45) is 1.91. The molecule has 10 rings (SSSR count). The van der Waals surface area contributed by atoms with Gasteiger partial charge >= 0.3 is 6.18 Å². The number of nitrogens with zero attached hydrogens (tertiary/aromatic N) is 6. The third-order valence-electron chi connectivity index (χ3n) is 15.1. The van der Waals surface area contributed by atoms with Gasteiger partial charge in [0, 0.05) is 103 Å². The topological polar surface area (TPSA) is 176 Å². The van der Waals surface area contributed by atoms with Crippen LogP contribution in [0.15, 0.2) is 114 Å². The van der Waals surface area contributed by atoms with Crippen molar-refractivity contribution >= 4 is 73.5 Å². The van der Waals surface area contributed by atoms with Crippen LogP contribution >= 0.6 is 0 Å². The number of piperidine rings is 1. The highest BCUT2D eigenvalue weighted by atomic mass is 19.4. The van der Waals surface area contributed by atoms with Crippen LogP contribution in [-0.2, 0) is 25.3 Å². The van der Waals surface area contributed by atoms with Gasteiger partial charge in [-0.2, -0.15) is 13.2 Å². The van der Waals surface area contributed by atoms with Crippen LogP contribution in [0.25, 0.3) is 49.4 Å². The first-order chi connectivity index (χ1) is 35.8. The van der Waals surface area contributed by atoms with E-state index in [0.29, 0.717) is 53.3 Å². The molecule has 0 spiro atoms. The number of piperazine rings is 1. The van der Waals surface area contributed by atoms with Crippen molar-refractivity contribution in [3.05, 3.63) is 137 Å². The molecule has 3 aromatic heterocycles. The summed E-state index contributed by atoms with van der Waals surface area (Å²) in [4.78, 5) is 92.2. The molecule has 75 heavy (non-hydrogen) atoms. The van der Waals surface area contributed by atoms with Gasteiger partial charge in [0.1, 0.15) is 6.04 Å². The number of aromatic nitrogens is 3. The summed E-state index contributed by atoms with van der Waals surface area (Å²) >= 11 is 0. The summed E-state index contributed by atoms with van der Waals surface area (Å²) in [6.45, 7) is 8.92. The van der Waals surface area contributed by atoms with Crippen LogP contribution in [0.1, 0.15) is 86.1 Å². The van der Waals surface area contributed by atoms with E-state index in [0.717, 1.165) is 32.9 Å². The normalized spacial score (nSPS) is 17.2. The summed E-state index contributed by atoms with van der Waals surface area (Å²) in [5.74, 6) is -2.47. The highest BCUT2D eigenvalue weighted by Gasteiger charge is 2.46. The zero-order valence-corrected chi connectivity index (χ0v) is 41.9. The maximum absolute atomic E-state index is 15.2. The number of hydrogen-bond donors (Lipinski definition) is 2. The first-order valence-corrected chi connectivity index (χ1v) is 25.1. The Balaban J connectivity index is 0.788. The zero-order valence-electron chi connectivity index (χ0n) is 41.9. The fourth-order valence-electron chi connectivity index (χ4n) is 10.5. The van der Waals surface area contributed by atoms with Gasteiger partial charge in [-0.3, -0.25) is 53.5 Å². The quantitative estimate of drug-likeness (QED) is 0.0786. The SMILES string of the molecule is CCC(C)(CCNc1cccc2c1C(=O)N(C1CCC(=O)NC1=O)C2=O)OCCC(C)(C)C(=O)N1CCN(c2ccc(-n3c(=O)ccc4cnc5ccc(-c6ccc7ccncc7c6)cc5c43)cc2C(F)(F)F)CC1. The van der Waals surface area contributed by atoms with Gasteiger partial charge in [0.25, 0.3) is 17.4 Å². The Bertz CT molecular complexity index is 3530. The van der Waals surface area contributed by atoms with E-state index in [9.17, 15) is 28.8 Å². The van der Waals surface area contributed by atoms with E-state index in [2.05, 4.69) is 20.6 Å². The molecule has 5 amide bonds. The first kappa shape index (κ1) is 50.5. The van der Waals surface area contributed by atoms with Gasteiger partial charge < -0.3 is 19.9 Å². The van der Waals surface area contributed by atoms with Crippen molar-refractivity contribution in [2.24, 2.45) is 5.41 Å². The molecule has 0 aliphatic carbocycles. The van der Waals surface area contributed by atoms with Gasteiger partial charge in [-0.05, 0) is 110 Å². The average Bonchev–Trinajstić information content (AvgIpc) is 3.65. The van der Waals surface area contributed by atoms with Crippen molar-refractivity contribution in [2.45, 2.75) is 77.6 Å². The van der Waals surface area contributed by atoms with E-state index in [4.69, 9.17) is 4.74 Å². The molecular weight excluding hydrogens is 966 g/mol. The number of nitrogens with one attached hydrogen (secondary N) is 2. The van der Waals surface area contributed by atoms with E-state index in [-0.39, 0.29) is 74.0 Å². The number of pyridine rings is 3. The van der Waals surface area contributed by atoms with Crippen LogP contribution in [0.3, 0.4) is 0 Å². The molecule has 0 saturated carbocycles. The molecular formula is C57H55F3N8O7. The standard InChI is InChI=1S/C57H55F3N8O7/c1-5-56(4,20-23-62-44-8-6-7-40-49(44)53(73)68(52(40)72)46-16-17-47(69)64-51(46)71)75-28-21-55(2,3)54(74)66-26-24-65(25-27-66)45-15-13-39(31-42(45)57(58,59)60)67-48(70)18-12-37-33-63-43-14-11-36(30-41(43)50(37)67)35-10-9-34-19-22-61-32-38(34)29-35/h6-15,18-19,22,29-33,46,62H,5,16-17,20-21,23-28H2,1-4H3,(H,64,69,71). The zero-order chi connectivity index (χ0) is 53.0. The van der Waals surface area contributed by atoms with Crippen molar-refractivity contribution in [3.63, 3.8) is 0 Å². The molecule has 0 radical (unpaired) electrons. The molecule has 15 nitrogen and oxygen atoms in total. The fourth-order valence-corrected chi connectivity index (χ4v) is 10.5. The summed E-state index contributed by atoms with van der Waals surface area (Å²) in [6, 6.07) is 24.3. The van der Waals surface area contributed by atoms with Crippen LogP contribution in [0, 0.1) is 5.41 Å². The second kappa shape index (κ2) is 19.7. The van der Waals surface area contributed by atoms with Gasteiger partial charge in [0.2, 0.25) is 17.7 Å². The number of fused-ring (bicyclic) bond motifs is 5. The number of hydrogen-bond acceptors (Lipinski definition) is 11. The molecule has 2 N–H and O–H groups in total. The van der Waals surface area contributed by atoms with Crippen molar-refractivity contribution in [1.82, 2.24) is 29.7 Å². The summed E-state index contributed by atoms with van der Waals surface area (Å²) in [5, 5.41) is 8.64. The molecule has 4 aromatic carbocycles. The molecule has 2 atom stereocenters. The number of anilines is 2. The maximum Gasteiger partial charge on any atom is 0.418 e. The predicted molar refractivity (Wildman–Crippen MR) is 279 cm³/mol. The maximum atomic E-state index is 15.2. The minimum absolute atomic E-state index is 0.0191. The van der Waals surface area contributed by atoms with Crippen molar-refractivity contribution in [3.8, 4) is 16.8 Å². The van der Waals surface area contributed by atoms with Gasteiger partial charge in [-0.15, -0.1) is 0 Å². The molecule has 18 heteroatoms. The molecule has 386 valence electrons. The highest BCUT2D eigenvalue weighted by Crippen LogP contribution is 2.40. The Morgan fingerprint density at radius 1 is 0.813 bits per heavy atom. The molecule has 7 aromatic rings. The number of carbonyl (C=O) groups is 5. The third-order valence-corrected chi connectivity index (χ3v) is 15.1. The Labute approximate surface area is 429 Å². The Kier molecular flexibility index (Phi) is 13.3. The van der Waals surface area contributed by atoms with Gasteiger partial charge in [-0.1, -0.05) is 45.0 Å². The number of ether oxygens (including phenoxy) is 1. The van der Waals surface area contributed by atoms with Crippen LogP contribution in [0.2, 0.25) is 0 Å². The van der Waals surface area contributed by atoms with E-state index in [1.165, 1.54) is 28.8 Å². The molecule has 6 heterocycles. The number of amides is 5. The molecule has 2 unspecified atom stereocenters. The van der Waals surface area contributed by atoms with Crippen LogP contribution in [-0.4, -0.2) is 105 Å². The first-order valence-electron chi connectivity index (χ1n) is 25.1. The number of carbonyl (C=O) groups excluding carboxylic acids is 5. The number of halogens is 3. The Morgan fingerprint density at radius 3 is 2.33 bits per heavy atom. The number of imide groups is 2. The monoisotopic (exact) mass is 1020 g/mol. The number of rotatable bonds is 14. The fraction of sp³-hybridized carbons (Fsp3) is 0.333. The molecule has 2 fully saturated rings. The summed E-state index contributed by atoms with van der Waals surface area (Å²) in [5.41, 5.74) is 0.643. The number of alkyl halides is 3. The minimum Gasteiger partial charge on any atom is -0.384 e. The highest BCUT2D eigenvalue weighted by molar-refractivity contribution is 6.25. The van der Waals surface area contributed by atoms with Crippen molar-refractivity contribution in [2.75, 3.05) is 49.5 Å². The largest absolute Gasteiger partial charge is 0.418 e. The van der Waals surface area contributed by atoms with Crippen molar-refractivity contribution < 1.29 is 41.9 Å². The number of benzene rings is 4. The van der Waals surface area contributed by atoms with E-state index >= 15 is 13.2 Å². The van der Waals surface area contributed by atoms with Crippen LogP contribution < -0.4 is 21.1 Å². The molecule has 3 aliphatic heterocycles. The molecule has 2 saturated heterocycles. The lowest BCUT2D eigenvalue weighted by atomic mass is 9.87. The van der Waals surface area contributed by atoms with Gasteiger partial charge in [0.15, 0.2) is 0 Å². The average molecular weight is 1020 g/mol. The lowest BCUT2D eigenvalue weighted by molar-refractivity contribution is -0.143. The second-order valence-corrected chi connectivity index (χ2v) is 20.4. The smallest absolute Gasteiger partial charge is 0.384 e. The Hall–Kier alpha value is -7.99. The van der Waals surface area contributed by atoms with Crippen LogP contribution in [0.5, 0.6) is 0 Å². The lowest BCUT2D eigenvalue weighted by Gasteiger charge is -2.40. The van der Waals surface area contributed by atoms with Crippen molar-refractivity contribution in [1.29, 1.82) is 0 Å². The molecule has 3 aliphatic rings. The van der Waals surface area contributed by atoms with Crippen LogP contribution in [0.4, 0.5) is 24.5 Å². The molecule has 0 bridgehead atoms.